The van der Waals surface area contributed by atoms with Crippen molar-refractivity contribution in [3.05, 3.63) is 0 Å². The fraction of sp³-hybridized carbons (Fsp3) is 0.889. The molecule has 6 heteroatoms. The number of nitrogens with two attached hydrogens (primary N) is 1. The minimum Gasteiger partial charge on any atom is -0.349 e. The van der Waals surface area contributed by atoms with Crippen LogP contribution in [-0.4, -0.2) is 37.4 Å². The molecule has 0 saturated carbocycles. The molecule has 1 heterocycles. The Morgan fingerprint density at radius 2 is 2.20 bits per heavy atom. The van der Waals surface area contributed by atoms with Gasteiger partial charge in [0.05, 0.1) is 23.1 Å². The van der Waals surface area contributed by atoms with E-state index in [2.05, 4.69) is 5.32 Å². The minimum absolute atomic E-state index is 0.0160. The molecule has 0 aliphatic carbocycles. The summed E-state index contributed by atoms with van der Waals surface area (Å²) in [4.78, 5) is 11.5. The van der Waals surface area contributed by atoms with Crippen molar-refractivity contribution >= 4 is 15.7 Å². The molecule has 1 rings (SSSR count). The van der Waals surface area contributed by atoms with Crippen LogP contribution in [0.1, 0.15) is 26.7 Å². The molecule has 3 N–H and O–H groups in total. The molecule has 5 nitrogen and oxygen atoms in total. The Balaban J connectivity index is 2.63. The molecule has 0 aromatic rings. The third-order valence-electron chi connectivity index (χ3n) is 2.70. The largest absolute Gasteiger partial charge is 0.349 e. The van der Waals surface area contributed by atoms with Crippen molar-refractivity contribution in [2.24, 2.45) is 5.73 Å². The quantitative estimate of drug-likeness (QED) is 0.683. The Morgan fingerprint density at radius 1 is 1.60 bits per heavy atom. The fourth-order valence-electron chi connectivity index (χ4n) is 1.68. The molecule has 1 aliphatic heterocycles. The van der Waals surface area contributed by atoms with Crippen molar-refractivity contribution in [2.75, 3.05) is 11.5 Å². The lowest BCUT2D eigenvalue weighted by molar-refractivity contribution is -0.123. The van der Waals surface area contributed by atoms with Gasteiger partial charge in [-0.2, -0.15) is 0 Å². The fourth-order valence-corrected chi connectivity index (χ4v) is 3.78. The summed E-state index contributed by atoms with van der Waals surface area (Å²) in [5.74, 6) is -0.107. The van der Waals surface area contributed by atoms with E-state index in [9.17, 15) is 13.2 Å². The van der Waals surface area contributed by atoms with Crippen LogP contribution in [0.5, 0.6) is 0 Å². The first-order valence-electron chi connectivity index (χ1n) is 5.06. The van der Waals surface area contributed by atoms with Crippen molar-refractivity contribution < 1.29 is 13.2 Å². The van der Waals surface area contributed by atoms with Crippen LogP contribution in [0.25, 0.3) is 0 Å². The summed E-state index contributed by atoms with van der Waals surface area (Å²) in [5, 5.41) is 2.72. The number of rotatable bonds is 3. The first kappa shape index (κ1) is 12.4. The molecule has 2 atom stereocenters. The van der Waals surface area contributed by atoms with Crippen molar-refractivity contribution in [3.8, 4) is 0 Å². The van der Waals surface area contributed by atoms with Crippen LogP contribution in [-0.2, 0) is 14.6 Å². The average molecular weight is 234 g/mol. The van der Waals surface area contributed by atoms with Gasteiger partial charge in [-0.15, -0.1) is 0 Å². The molecule has 0 aromatic carbocycles. The van der Waals surface area contributed by atoms with Crippen LogP contribution in [0, 0.1) is 0 Å². The maximum atomic E-state index is 11.5. The normalized spacial score (nSPS) is 31.1. The summed E-state index contributed by atoms with van der Waals surface area (Å²) in [6.45, 7) is 3.57. The molecule has 1 amide bonds. The molecule has 15 heavy (non-hydrogen) atoms. The van der Waals surface area contributed by atoms with Crippen molar-refractivity contribution in [1.29, 1.82) is 0 Å². The van der Waals surface area contributed by atoms with Gasteiger partial charge in [0.25, 0.3) is 0 Å². The van der Waals surface area contributed by atoms with Crippen molar-refractivity contribution in [2.45, 2.75) is 38.3 Å². The molecule has 0 bridgehead atoms. The predicted octanol–water partition coefficient (Wildman–Crippen LogP) is -0.583. The predicted molar refractivity (Wildman–Crippen MR) is 58.1 cm³/mol. The van der Waals surface area contributed by atoms with Gasteiger partial charge in [0.2, 0.25) is 5.91 Å². The third kappa shape index (κ3) is 3.17. The lowest BCUT2D eigenvalue weighted by Crippen LogP contribution is -2.52. The average Bonchev–Trinajstić information content (AvgIpc) is 2.39. The second-order valence-electron chi connectivity index (χ2n) is 4.41. The molecule has 1 fully saturated rings. The molecule has 0 aromatic heterocycles. The number of hydrogen-bond acceptors (Lipinski definition) is 4. The summed E-state index contributed by atoms with van der Waals surface area (Å²) < 4.78 is 22.6. The zero-order valence-electron chi connectivity index (χ0n) is 9.12. The minimum atomic E-state index is -2.99. The van der Waals surface area contributed by atoms with Crippen LogP contribution in [0.4, 0.5) is 0 Å². The summed E-state index contributed by atoms with van der Waals surface area (Å²) in [6.07, 6.45) is 1.02. The van der Waals surface area contributed by atoms with Gasteiger partial charge in [-0.3, -0.25) is 4.79 Å². The van der Waals surface area contributed by atoms with Crippen molar-refractivity contribution in [3.63, 3.8) is 0 Å². The van der Waals surface area contributed by atoms with Crippen molar-refractivity contribution in [1.82, 2.24) is 5.32 Å². The number of nitrogens with one attached hydrogen (secondary N) is 1. The van der Waals surface area contributed by atoms with Gasteiger partial charge in [0, 0.05) is 0 Å². The van der Waals surface area contributed by atoms with E-state index in [1.165, 1.54) is 0 Å². The summed E-state index contributed by atoms with van der Waals surface area (Å²) >= 11 is 0. The Hall–Kier alpha value is -0.620. The maximum Gasteiger partial charge on any atom is 0.237 e. The van der Waals surface area contributed by atoms with E-state index in [0.717, 1.165) is 0 Å². The van der Waals surface area contributed by atoms with E-state index in [4.69, 9.17) is 5.73 Å². The van der Waals surface area contributed by atoms with Gasteiger partial charge < -0.3 is 11.1 Å². The topological polar surface area (TPSA) is 89.3 Å². The highest BCUT2D eigenvalue weighted by molar-refractivity contribution is 7.91. The van der Waals surface area contributed by atoms with Crippen LogP contribution in [0.15, 0.2) is 0 Å². The summed E-state index contributed by atoms with van der Waals surface area (Å²) in [6, 6.07) is -0.551. The third-order valence-corrected chi connectivity index (χ3v) is 4.61. The Bertz CT molecular complexity index is 352. The maximum absolute atomic E-state index is 11.5. The zero-order chi connectivity index (χ0) is 11.7. The molecule has 0 radical (unpaired) electrons. The lowest BCUT2D eigenvalue weighted by atomic mass is 10.0. The molecule has 1 aliphatic rings. The number of amides is 1. The molecular formula is C9H18N2O3S. The SMILES string of the molecule is CC[C@@H](N)C(=O)NC1(C)CCS(=O)(=O)C1. The smallest absolute Gasteiger partial charge is 0.237 e. The first-order chi connectivity index (χ1) is 6.78. The second-order valence-corrected chi connectivity index (χ2v) is 6.59. The Kier molecular flexibility index (Phi) is 3.40. The molecular weight excluding hydrogens is 216 g/mol. The molecule has 1 saturated heterocycles. The highest BCUT2D eigenvalue weighted by Gasteiger charge is 2.39. The molecule has 0 spiro atoms. The lowest BCUT2D eigenvalue weighted by Gasteiger charge is -2.25. The summed E-state index contributed by atoms with van der Waals surface area (Å²) in [7, 11) is -2.99. The van der Waals surface area contributed by atoms with E-state index in [0.29, 0.717) is 12.8 Å². The molecule has 1 unspecified atom stereocenters. The molecule has 88 valence electrons. The monoisotopic (exact) mass is 234 g/mol. The van der Waals surface area contributed by atoms with E-state index in [-0.39, 0.29) is 17.4 Å². The van der Waals surface area contributed by atoms with Crippen LogP contribution >= 0.6 is 0 Å². The van der Waals surface area contributed by atoms with Gasteiger partial charge >= 0.3 is 0 Å². The van der Waals surface area contributed by atoms with Crippen LogP contribution < -0.4 is 11.1 Å². The van der Waals surface area contributed by atoms with Gasteiger partial charge in [-0.25, -0.2) is 8.42 Å². The number of hydrogen-bond donors (Lipinski definition) is 2. The highest BCUT2D eigenvalue weighted by atomic mass is 32.2. The van der Waals surface area contributed by atoms with Gasteiger partial charge in [0.1, 0.15) is 0 Å². The van der Waals surface area contributed by atoms with E-state index >= 15 is 0 Å². The highest BCUT2D eigenvalue weighted by Crippen LogP contribution is 2.22. The van der Waals surface area contributed by atoms with Gasteiger partial charge in [-0.05, 0) is 19.8 Å². The van der Waals surface area contributed by atoms with E-state index in [1.807, 2.05) is 6.92 Å². The standard InChI is InChI=1S/C9H18N2O3S/c1-3-7(10)8(12)11-9(2)4-5-15(13,14)6-9/h7H,3-6,10H2,1-2H3,(H,11,12)/t7-,9?/m1/s1. The van der Waals surface area contributed by atoms with E-state index < -0.39 is 21.4 Å². The Labute approximate surface area is 90.3 Å². The zero-order valence-corrected chi connectivity index (χ0v) is 9.93. The number of carbonyl (C=O) groups excluding carboxylic acids is 1. The number of sulfone groups is 1. The summed E-state index contributed by atoms with van der Waals surface area (Å²) in [5.41, 5.74) is 4.92. The van der Waals surface area contributed by atoms with Crippen LogP contribution in [0.3, 0.4) is 0 Å². The Morgan fingerprint density at radius 3 is 2.60 bits per heavy atom. The van der Waals surface area contributed by atoms with Gasteiger partial charge in [-0.1, -0.05) is 6.92 Å². The van der Waals surface area contributed by atoms with E-state index in [1.54, 1.807) is 6.92 Å². The second kappa shape index (κ2) is 4.09. The number of carbonyl (C=O) groups is 1. The van der Waals surface area contributed by atoms with Crippen LogP contribution in [0.2, 0.25) is 0 Å². The van der Waals surface area contributed by atoms with Gasteiger partial charge in [0.15, 0.2) is 9.84 Å². The first-order valence-corrected chi connectivity index (χ1v) is 6.88.